The van der Waals surface area contributed by atoms with Crippen molar-refractivity contribution in [3.63, 3.8) is 0 Å². The fourth-order valence-corrected chi connectivity index (χ4v) is 3.43. The Balaban J connectivity index is 1.52. The van der Waals surface area contributed by atoms with Crippen LogP contribution in [0, 0.1) is 0 Å². The molecule has 29 heavy (non-hydrogen) atoms. The number of hydrogen-bond donors (Lipinski definition) is 2. The molecule has 1 aromatic heterocycles. The topological polar surface area (TPSA) is 121 Å². The van der Waals surface area contributed by atoms with Crippen molar-refractivity contribution in [2.45, 2.75) is 11.0 Å². The van der Waals surface area contributed by atoms with Gasteiger partial charge in [0.05, 0.1) is 10.6 Å². The SMILES string of the molecule is NS(=O)(=O)c1cccc(-c2cc(NC(=O)C3COc4ccccc4O3)ccn2)c1. The van der Waals surface area contributed by atoms with E-state index < -0.39 is 16.1 Å². The Bertz CT molecular complexity index is 1180. The molecule has 1 aliphatic rings. The minimum atomic E-state index is -3.83. The van der Waals surface area contributed by atoms with Crippen LogP contribution in [-0.4, -0.2) is 32.0 Å². The number of sulfonamides is 1. The van der Waals surface area contributed by atoms with Crippen molar-refractivity contribution in [2.24, 2.45) is 5.14 Å². The Labute approximate surface area is 167 Å². The number of carbonyl (C=O) groups excluding carboxylic acids is 1. The number of pyridine rings is 1. The second-order valence-corrected chi connectivity index (χ2v) is 7.92. The Hall–Kier alpha value is -3.43. The van der Waals surface area contributed by atoms with E-state index in [9.17, 15) is 13.2 Å². The Morgan fingerprint density at radius 1 is 1.07 bits per heavy atom. The zero-order valence-electron chi connectivity index (χ0n) is 15.1. The van der Waals surface area contributed by atoms with Crippen molar-refractivity contribution in [2.75, 3.05) is 11.9 Å². The molecule has 1 atom stereocenters. The number of nitrogens with zero attached hydrogens (tertiary/aromatic N) is 1. The molecular formula is C20H17N3O5S. The summed E-state index contributed by atoms with van der Waals surface area (Å²) in [5.41, 5.74) is 1.53. The third-order valence-corrected chi connectivity index (χ3v) is 5.20. The largest absolute Gasteiger partial charge is 0.485 e. The van der Waals surface area contributed by atoms with Gasteiger partial charge in [0.15, 0.2) is 11.5 Å². The molecular weight excluding hydrogens is 394 g/mol. The van der Waals surface area contributed by atoms with Crippen LogP contribution in [0.3, 0.4) is 0 Å². The number of amides is 1. The van der Waals surface area contributed by atoms with Crippen molar-refractivity contribution < 1.29 is 22.7 Å². The molecule has 3 aromatic rings. The number of ether oxygens (including phenoxy) is 2. The van der Waals surface area contributed by atoms with Gasteiger partial charge in [0.25, 0.3) is 5.91 Å². The lowest BCUT2D eigenvalue weighted by Crippen LogP contribution is -2.40. The summed E-state index contributed by atoms with van der Waals surface area (Å²) in [4.78, 5) is 16.8. The third kappa shape index (κ3) is 4.20. The maximum atomic E-state index is 12.6. The van der Waals surface area contributed by atoms with Gasteiger partial charge in [-0.2, -0.15) is 0 Å². The number of hydrogen-bond acceptors (Lipinski definition) is 6. The van der Waals surface area contributed by atoms with Crippen LogP contribution in [0.2, 0.25) is 0 Å². The fraction of sp³-hybridized carbons (Fsp3) is 0.100. The Morgan fingerprint density at radius 2 is 1.86 bits per heavy atom. The first-order valence-electron chi connectivity index (χ1n) is 8.69. The molecule has 0 spiro atoms. The molecule has 0 bridgehead atoms. The summed E-state index contributed by atoms with van der Waals surface area (Å²) in [5.74, 6) is 0.738. The number of aromatic nitrogens is 1. The summed E-state index contributed by atoms with van der Waals surface area (Å²) >= 11 is 0. The van der Waals surface area contributed by atoms with Crippen LogP contribution in [0.5, 0.6) is 11.5 Å². The van der Waals surface area contributed by atoms with E-state index in [-0.39, 0.29) is 17.4 Å². The normalized spacial score (nSPS) is 15.6. The molecule has 2 heterocycles. The van der Waals surface area contributed by atoms with Gasteiger partial charge in [-0.25, -0.2) is 13.6 Å². The number of para-hydroxylation sites is 2. The molecule has 148 valence electrons. The smallest absolute Gasteiger partial charge is 0.269 e. The molecule has 0 aliphatic carbocycles. The van der Waals surface area contributed by atoms with Crippen molar-refractivity contribution in [3.05, 3.63) is 66.9 Å². The number of nitrogens with two attached hydrogens (primary N) is 1. The predicted octanol–water partition coefficient (Wildman–Crippen LogP) is 2.17. The summed E-state index contributed by atoms with van der Waals surface area (Å²) in [6.07, 6.45) is 0.717. The quantitative estimate of drug-likeness (QED) is 0.679. The number of fused-ring (bicyclic) bond motifs is 1. The average molecular weight is 411 g/mol. The van der Waals surface area contributed by atoms with E-state index in [1.165, 1.54) is 18.3 Å². The van der Waals surface area contributed by atoms with E-state index >= 15 is 0 Å². The highest BCUT2D eigenvalue weighted by Crippen LogP contribution is 2.31. The molecule has 0 fully saturated rings. The maximum Gasteiger partial charge on any atom is 0.269 e. The molecule has 0 saturated carbocycles. The van der Waals surface area contributed by atoms with Gasteiger partial charge in [-0.3, -0.25) is 9.78 Å². The van der Waals surface area contributed by atoms with Crippen LogP contribution in [0.15, 0.2) is 71.8 Å². The number of benzene rings is 2. The van der Waals surface area contributed by atoms with E-state index in [1.807, 2.05) is 6.07 Å². The van der Waals surface area contributed by atoms with Crippen LogP contribution >= 0.6 is 0 Å². The third-order valence-electron chi connectivity index (χ3n) is 4.29. The summed E-state index contributed by atoms with van der Waals surface area (Å²) < 4.78 is 34.4. The average Bonchev–Trinajstić information content (AvgIpc) is 2.73. The van der Waals surface area contributed by atoms with Gasteiger partial charge in [-0.05, 0) is 36.4 Å². The molecule has 0 radical (unpaired) electrons. The first kappa shape index (κ1) is 18.9. The second kappa shape index (κ2) is 7.53. The number of carbonyl (C=O) groups is 1. The molecule has 3 N–H and O–H groups in total. The lowest BCUT2D eigenvalue weighted by Gasteiger charge is -2.25. The molecule has 9 heteroatoms. The Morgan fingerprint density at radius 3 is 2.66 bits per heavy atom. The standard InChI is InChI=1S/C20H17N3O5S/c21-29(25,26)15-5-3-4-13(10-15)16-11-14(8-9-22-16)23-20(24)19-12-27-17-6-1-2-7-18(17)28-19/h1-11,19H,12H2,(H2,21,25,26)(H,22,23,24). The molecule has 1 unspecified atom stereocenters. The van der Waals surface area contributed by atoms with E-state index in [4.69, 9.17) is 14.6 Å². The monoisotopic (exact) mass is 411 g/mol. The van der Waals surface area contributed by atoms with Gasteiger partial charge in [0.1, 0.15) is 6.61 Å². The van der Waals surface area contributed by atoms with Crippen molar-refractivity contribution in [1.29, 1.82) is 0 Å². The van der Waals surface area contributed by atoms with Gasteiger partial charge in [0, 0.05) is 17.4 Å². The van der Waals surface area contributed by atoms with Crippen molar-refractivity contribution in [3.8, 4) is 22.8 Å². The first-order chi connectivity index (χ1) is 13.9. The van der Waals surface area contributed by atoms with Crippen LogP contribution < -0.4 is 19.9 Å². The van der Waals surface area contributed by atoms with Crippen LogP contribution in [0.4, 0.5) is 5.69 Å². The zero-order chi connectivity index (χ0) is 20.4. The van der Waals surface area contributed by atoms with Gasteiger partial charge >= 0.3 is 0 Å². The van der Waals surface area contributed by atoms with Gasteiger partial charge in [-0.1, -0.05) is 24.3 Å². The lowest BCUT2D eigenvalue weighted by molar-refractivity contribution is -0.125. The predicted molar refractivity (Wildman–Crippen MR) is 106 cm³/mol. The zero-order valence-corrected chi connectivity index (χ0v) is 15.9. The van der Waals surface area contributed by atoms with E-state index in [0.717, 1.165) is 0 Å². The van der Waals surface area contributed by atoms with Crippen LogP contribution in [0.1, 0.15) is 0 Å². The molecule has 2 aromatic carbocycles. The molecule has 1 amide bonds. The van der Waals surface area contributed by atoms with E-state index in [1.54, 1.807) is 42.5 Å². The summed E-state index contributed by atoms with van der Waals surface area (Å²) in [5, 5.41) is 7.96. The van der Waals surface area contributed by atoms with Gasteiger partial charge < -0.3 is 14.8 Å². The highest BCUT2D eigenvalue weighted by Gasteiger charge is 2.27. The van der Waals surface area contributed by atoms with E-state index in [0.29, 0.717) is 28.4 Å². The highest BCUT2D eigenvalue weighted by atomic mass is 32.2. The van der Waals surface area contributed by atoms with E-state index in [2.05, 4.69) is 10.3 Å². The number of rotatable bonds is 4. The number of anilines is 1. The first-order valence-corrected chi connectivity index (χ1v) is 10.2. The summed E-state index contributed by atoms with van der Waals surface area (Å²) in [6.45, 7) is 0.0944. The van der Waals surface area contributed by atoms with Gasteiger partial charge in [0.2, 0.25) is 16.1 Å². The van der Waals surface area contributed by atoms with Crippen LogP contribution in [-0.2, 0) is 14.8 Å². The fourth-order valence-electron chi connectivity index (χ4n) is 2.87. The van der Waals surface area contributed by atoms with Crippen molar-refractivity contribution >= 4 is 21.6 Å². The molecule has 8 nitrogen and oxygen atoms in total. The maximum absolute atomic E-state index is 12.6. The minimum absolute atomic E-state index is 0.0161. The number of nitrogens with one attached hydrogen (secondary N) is 1. The summed E-state index contributed by atoms with van der Waals surface area (Å²) in [7, 11) is -3.83. The molecule has 1 aliphatic heterocycles. The lowest BCUT2D eigenvalue weighted by atomic mass is 10.1. The molecule has 0 saturated heterocycles. The second-order valence-electron chi connectivity index (χ2n) is 6.36. The van der Waals surface area contributed by atoms with Crippen molar-refractivity contribution in [1.82, 2.24) is 4.98 Å². The molecule has 4 rings (SSSR count). The van der Waals surface area contributed by atoms with Crippen LogP contribution in [0.25, 0.3) is 11.3 Å². The highest BCUT2D eigenvalue weighted by molar-refractivity contribution is 7.89. The minimum Gasteiger partial charge on any atom is -0.485 e. The summed E-state index contributed by atoms with van der Waals surface area (Å²) in [6, 6.07) is 16.5. The van der Waals surface area contributed by atoms with Gasteiger partial charge in [-0.15, -0.1) is 0 Å². The number of primary sulfonamides is 1. The Kier molecular flexibility index (Phi) is 4.91.